The maximum Gasteiger partial charge on any atom is 0.410 e. The van der Waals surface area contributed by atoms with Gasteiger partial charge in [0.05, 0.1) is 12.1 Å². The summed E-state index contributed by atoms with van der Waals surface area (Å²) in [6.45, 7) is 2.78. The summed E-state index contributed by atoms with van der Waals surface area (Å²) < 4.78 is 5.85. The van der Waals surface area contributed by atoms with Crippen LogP contribution in [0, 0.1) is 0 Å². The van der Waals surface area contributed by atoms with Crippen molar-refractivity contribution in [2.75, 3.05) is 6.54 Å². The van der Waals surface area contributed by atoms with E-state index in [-0.39, 0.29) is 23.8 Å². The van der Waals surface area contributed by atoms with Gasteiger partial charge in [0.25, 0.3) is 0 Å². The Kier molecular flexibility index (Phi) is 4.83. The third-order valence-corrected chi connectivity index (χ3v) is 5.48. The number of aliphatic hydroxyl groups is 1. The lowest BCUT2D eigenvalue weighted by Gasteiger charge is -2.46. The van der Waals surface area contributed by atoms with E-state index in [1.54, 1.807) is 0 Å². The fourth-order valence-corrected chi connectivity index (χ4v) is 3.92. The lowest BCUT2D eigenvalue weighted by molar-refractivity contribution is -0.0920. The number of aliphatic hydroxyl groups excluding tert-OH is 1. The lowest BCUT2D eigenvalue weighted by Crippen LogP contribution is -2.52. The van der Waals surface area contributed by atoms with Crippen LogP contribution in [0.3, 0.4) is 0 Å². The molecule has 1 aliphatic heterocycles. The maximum atomic E-state index is 12.6. The molecular weight excluding hydrogens is 314 g/mol. The van der Waals surface area contributed by atoms with Gasteiger partial charge in [-0.25, -0.2) is 4.79 Å². The van der Waals surface area contributed by atoms with E-state index in [9.17, 15) is 9.90 Å². The van der Waals surface area contributed by atoms with Crippen LogP contribution in [-0.2, 0) is 4.74 Å². The molecule has 1 atom stereocenters. The SMILES string of the molecule is CCC(c1ccc(Cl)cc1)N1CC[C@]2(CC[C@H](O)CC2)OC1=O. The molecule has 1 aromatic carbocycles. The molecule has 2 aliphatic rings. The molecule has 1 aliphatic carbocycles. The van der Waals surface area contributed by atoms with Crippen molar-refractivity contribution in [1.29, 1.82) is 0 Å². The number of halogens is 1. The van der Waals surface area contributed by atoms with E-state index in [1.807, 2.05) is 29.2 Å². The van der Waals surface area contributed by atoms with Crippen molar-refractivity contribution in [2.45, 2.75) is 63.2 Å². The Morgan fingerprint density at radius 3 is 2.52 bits per heavy atom. The van der Waals surface area contributed by atoms with Crippen molar-refractivity contribution in [3.05, 3.63) is 34.9 Å². The van der Waals surface area contributed by atoms with Gasteiger partial charge in [-0.1, -0.05) is 30.7 Å². The van der Waals surface area contributed by atoms with Crippen LogP contribution in [0.4, 0.5) is 4.79 Å². The summed E-state index contributed by atoms with van der Waals surface area (Å²) in [6.07, 6.45) is 4.20. The highest BCUT2D eigenvalue weighted by atomic mass is 35.5. The number of amides is 1. The summed E-state index contributed by atoms with van der Waals surface area (Å²) in [7, 11) is 0. The van der Waals surface area contributed by atoms with Gasteiger partial charge >= 0.3 is 6.09 Å². The minimum atomic E-state index is -0.356. The minimum absolute atomic E-state index is 0.0197. The van der Waals surface area contributed by atoms with Gasteiger partial charge in [0.1, 0.15) is 5.60 Å². The zero-order valence-corrected chi connectivity index (χ0v) is 14.3. The van der Waals surface area contributed by atoms with Crippen molar-refractivity contribution in [1.82, 2.24) is 4.90 Å². The van der Waals surface area contributed by atoms with Crippen LogP contribution in [0.2, 0.25) is 5.02 Å². The monoisotopic (exact) mass is 337 g/mol. The average molecular weight is 338 g/mol. The summed E-state index contributed by atoms with van der Waals surface area (Å²) >= 11 is 5.96. The van der Waals surface area contributed by atoms with Crippen molar-refractivity contribution in [2.24, 2.45) is 0 Å². The van der Waals surface area contributed by atoms with E-state index in [0.717, 1.165) is 44.1 Å². The van der Waals surface area contributed by atoms with E-state index < -0.39 is 0 Å². The third-order valence-electron chi connectivity index (χ3n) is 5.23. The van der Waals surface area contributed by atoms with E-state index in [1.165, 1.54) is 0 Å². The van der Waals surface area contributed by atoms with Gasteiger partial charge in [-0.3, -0.25) is 0 Å². The van der Waals surface area contributed by atoms with Crippen LogP contribution in [0.25, 0.3) is 0 Å². The quantitative estimate of drug-likeness (QED) is 0.894. The highest BCUT2D eigenvalue weighted by Crippen LogP contribution is 2.40. The first-order valence-corrected chi connectivity index (χ1v) is 8.84. The van der Waals surface area contributed by atoms with Crippen LogP contribution in [0.15, 0.2) is 24.3 Å². The highest BCUT2D eigenvalue weighted by molar-refractivity contribution is 6.30. The molecular formula is C18H24ClNO3. The first-order valence-electron chi connectivity index (χ1n) is 8.46. The van der Waals surface area contributed by atoms with Gasteiger partial charge in [-0.15, -0.1) is 0 Å². The molecule has 0 bridgehead atoms. The van der Waals surface area contributed by atoms with Gasteiger partial charge in [0, 0.05) is 18.0 Å². The number of hydrogen-bond acceptors (Lipinski definition) is 3. The molecule has 1 saturated heterocycles. The standard InChI is InChI=1S/C18H24ClNO3/c1-2-16(13-3-5-14(19)6-4-13)20-12-11-18(23-17(20)22)9-7-15(21)8-10-18/h3-6,15-16,21H,2,7-12H2,1H3/t15-,16?,18+. The van der Waals surface area contributed by atoms with Crippen LogP contribution < -0.4 is 0 Å². The predicted molar refractivity (Wildman–Crippen MR) is 89.5 cm³/mol. The van der Waals surface area contributed by atoms with Crippen LogP contribution >= 0.6 is 11.6 Å². The van der Waals surface area contributed by atoms with Gasteiger partial charge in [-0.05, 0) is 49.8 Å². The van der Waals surface area contributed by atoms with Crippen molar-refractivity contribution in [3.63, 3.8) is 0 Å². The summed E-state index contributed by atoms with van der Waals surface area (Å²) in [6, 6.07) is 7.69. The van der Waals surface area contributed by atoms with E-state index in [2.05, 4.69) is 6.92 Å². The zero-order chi connectivity index (χ0) is 16.4. The highest BCUT2D eigenvalue weighted by Gasteiger charge is 2.44. The largest absolute Gasteiger partial charge is 0.443 e. The summed E-state index contributed by atoms with van der Waals surface area (Å²) in [5.74, 6) is 0. The number of nitrogens with zero attached hydrogens (tertiary/aromatic N) is 1. The summed E-state index contributed by atoms with van der Waals surface area (Å²) in [4.78, 5) is 14.4. The first kappa shape index (κ1) is 16.6. The van der Waals surface area contributed by atoms with Crippen LogP contribution in [0.5, 0.6) is 0 Å². The Morgan fingerprint density at radius 1 is 1.30 bits per heavy atom. The smallest absolute Gasteiger partial charge is 0.410 e. The molecule has 0 aromatic heterocycles. The molecule has 1 N–H and O–H groups in total. The van der Waals surface area contributed by atoms with Gasteiger partial charge in [0.15, 0.2) is 0 Å². The Labute approximate surface area is 142 Å². The number of benzene rings is 1. The fraction of sp³-hybridized carbons (Fsp3) is 0.611. The number of rotatable bonds is 3. The fourth-order valence-electron chi connectivity index (χ4n) is 3.80. The Hall–Kier alpha value is -1.26. The molecule has 1 unspecified atom stereocenters. The number of hydrogen-bond donors (Lipinski definition) is 1. The molecule has 1 aromatic rings. The van der Waals surface area contributed by atoms with Crippen LogP contribution in [-0.4, -0.2) is 34.3 Å². The second-order valence-electron chi connectivity index (χ2n) is 6.70. The number of carbonyl (C=O) groups is 1. The second-order valence-corrected chi connectivity index (χ2v) is 7.14. The van der Waals surface area contributed by atoms with Crippen molar-refractivity contribution in [3.8, 4) is 0 Å². The van der Waals surface area contributed by atoms with E-state index in [0.29, 0.717) is 11.6 Å². The van der Waals surface area contributed by atoms with Crippen molar-refractivity contribution >= 4 is 17.7 Å². The second kappa shape index (κ2) is 6.70. The molecule has 4 nitrogen and oxygen atoms in total. The maximum absolute atomic E-state index is 12.6. The lowest BCUT2D eigenvalue weighted by atomic mass is 9.80. The Balaban J connectivity index is 1.72. The molecule has 1 amide bonds. The average Bonchev–Trinajstić information content (AvgIpc) is 2.55. The normalized spacial score (nSPS) is 29.4. The molecule has 2 fully saturated rings. The molecule has 0 radical (unpaired) electrons. The number of carbonyl (C=O) groups excluding carboxylic acids is 1. The van der Waals surface area contributed by atoms with Crippen molar-refractivity contribution < 1.29 is 14.6 Å². The first-order chi connectivity index (χ1) is 11.0. The molecule has 1 saturated carbocycles. The van der Waals surface area contributed by atoms with E-state index >= 15 is 0 Å². The predicted octanol–water partition coefficient (Wildman–Crippen LogP) is 4.31. The molecule has 126 valence electrons. The topological polar surface area (TPSA) is 49.8 Å². The molecule has 5 heteroatoms. The van der Waals surface area contributed by atoms with Crippen LogP contribution in [0.1, 0.15) is 57.1 Å². The zero-order valence-electron chi connectivity index (χ0n) is 13.5. The van der Waals surface area contributed by atoms with Gasteiger partial charge < -0.3 is 14.7 Å². The molecule has 1 heterocycles. The molecule has 1 spiro atoms. The van der Waals surface area contributed by atoms with E-state index in [4.69, 9.17) is 16.3 Å². The third kappa shape index (κ3) is 3.48. The summed E-state index contributed by atoms with van der Waals surface area (Å²) in [5, 5.41) is 10.4. The summed E-state index contributed by atoms with van der Waals surface area (Å²) in [5.41, 5.74) is 0.731. The van der Waals surface area contributed by atoms with Gasteiger partial charge in [-0.2, -0.15) is 0 Å². The number of ether oxygens (including phenoxy) is 1. The Morgan fingerprint density at radius 2 is 1.96 bits per heavy atom. The molecule has 3 rings (SSSR count). The minimum Gasteiger partial charge on any atom is -0.443 e. The van der Waals surface area contributed by atoms with Gasteiger partial charge in [0.2, 0.25) is 0 Å². The molecule has 23 heavy (non-hydrogen) atoms. The Bertz CT molecular complexity index is 552.